The van der Waals surface area contributed by atoms with E-state index in [1.165, 1.54) is 12.1 Å². The molecule has 0 amide bonds. The van der Waals surface area contributed by atoms with Crippen molar-refractivity contribution in [3.63, 3.8) is 0 Å². The monoisotopic (exact) mass is 412 g/mol. The second-order valence-corrected chi connectivity index (χ2v) is 7.62. The van der Waals surface area contributed by atoms with Gasteiger partial charge in [0.25, 0.3) is 0 Å². The SMILES string of the molecule is COc1ccc(C2=COC3CC(OCc4ccc(F)cc4)CCC3C2=O)cc1OC. The fourth-order valence-electron chi connectivity index (χ4n) is 4.12. The minimum Gasteiger partial charge on any atom is -0.496 e. The number of rotatable bonds is 6. The van der Waals surface area contributed by atoms with E-state index in [2.05, 4.69) is 0 Å². The number of ether oxygens (including phenoxy) is 4. The Morgan fingerprint density at radius 1 is 1.03 bits per heavy atom. The van der Waals surface area contributed by atoms with Crippen LogP contribution in [-0.4, -0.2) is 32.2 Å². The zero-order chi connectivity index (χ0) is 21.1. The predicted octanol–water partition coefficient (Wildman–Crippen LogP) is 4.54. The number of hydrogen-bond donors (Lipinski definition) is 0. The molecule has 0 N–H and O–H groups in total. The molecule has 0 radical (unpaired) electrons. The summed E-state index contributed by atoms with van der Waals surface area (Å²) in [6.07, 6.45) is 3.55. The van der Waals surface area contributed by atoms with Gasteiger partial charge >= 0.3 is 0 Å². The number of fused-ring (bicyclic) bond motifs is 1. The highest BCUT2D eigenvalue weighted by molar-refractivity contribution is 6.22. The van der Waals surface area contributed by atoms with Gasteiger partial charge in [0, 0.05) is 6.42 Å². The van der Waals surface area contributed by atoms with Crippen LogP contribution in [0.15, 0.2) is 48.7 Å². The van der Waals surface area contributed by atoms with Crippen molar-refractivity contribution in [2.45, 2.75) is 38.1 Å². The molecule has 0 spiro atoms. The highest BCUT2D eigenvalue weighted by atomic mass is 19.1. The highest BCUT2D eigenvalue weighted by Gasteiger charge is 2.40. The van der Waals surface area contributed by atoms with Crippen LogP contribution in [0, 0.1) is 11.7 Å². The lowest BCUT2D eigenvalue weighted by Gasteiger charge is -2.37. The molecule has 0 aromatic heterocycles. The summed E-state index contributed by atoms with van der Waals surface area (Å²) >= 11 is 0. The van der Waals surface area contributed by atoms with Crippen LogP contribution in [-0.2, 0) is 20.9 Å². The Hall–Kier alpha value is -2.86. The molecular formula is C24H25FO5. The summed E-state index contributed by atoms with van der Waals surface area (Å²) in [4.78, 5) is 13.1. The van der Waals surface area contributed by atoms with E-state index in [0.717, 1.165) is 17.5 Å². The first-order valence-electron chi connectivity index (χ1n) is 10.1. The average molecular weight is 412 g/mol. The van der Waals surface area contributed by atoms with Crippen molar-refractivity contribution in [2.24, 2.45) is 5.92 Å². The maximum atomic E-state index is 13.1. The van der Waals surface area contributed by atoms with Gasteiger partial charge in [0.05, 0.1) is 44.7 Å². The van der Waals surface area contributed by atoms with E-state index in [0.29, 0.717) is 36.5 Å². The average Bonchev–Trinajstić information content (AvgIpc) is 2.78. The van der Waals surface area contributed by atoms with Gasteiger partial charge in [0.15, 0.2) is 17.3 Å². The third kappa shape index (κ3) is 4.19. The molecule has 0 bridgehead atoms. The lowest BCUT2D eigenvalue weighted by Crippen LogP contribution is -2.41. The van der Waals surface area contributed by atoms with Crippen LogP contribution in [0.2, 0.25) is 0 Å². The van der Waals surface area contributed by atoms with E-state index >= 15 is 0 Å². The van der Waals surface area contributed by atoms with E-state index in [1.807, 2.05) is 6.07 Å². The molecule has 6 heteroatoms. The van der Waals surface area contributed by atoms with Crippen molar-refractivity contribution in [1.29, 1.82) is 0 Å². The van der Waals surface area contributed by atoms with E-state index in [4.69, 9.17) is 18.9 Å². The fraction of sp³-hybridized carbons (Fsp3) is 0.375. The van der Waals surface area contributed by atoms with Crippen LogP contribution in [0.4, 0.5) is 4.39 Å². The van der Waals surface area contributed by atoms with Gasteiger partial charge in [-0.05, 0) is 48.2 Å². The summed E-state index contributed by atoms with van der Waals surface area (Å²) in [6.45, 7) is 0.420. The molecule has 3 atom stereocenters. The first kappa shape index (κ1) is 20.4. The summed E-state index contributed by atoms with van der Waals surface area (Å²) in [5.74, 6) is 0.844. The standard InChI is InChI=1S/C24H25FO5/c1-27-21-10-5-16(11-23(21)28-2)20-14-30-22-12-18(8-9-19(22)24(20)26)29-13-15-3-6-17(25)7-4-15/h3-7,10-11,14,18-19,22H,8-9,12-13H2,1-2H3. The number of ketones is 1. The third-order valence-corrected chi connectivity index (χ3v) is 5.80. The molecule has 2 aromatic carbocycles. The Bertz CT molecular complexity index is 937. The smallest absolute Gasteiger partial charge is 0.173 e. The fourth-order valence-corrected chi connectivity index (χ4v) is 4.12. The number of hydrogen-bond acceptors (Lipinski definition) is 5. The summed E-state index contributed by atoms with van der Waals surface area (Å²) in [5, 5.41) is 0. The normalized spacial score (nSPS) is 23.2. The molecular weight excluding hydrogens is 387 g/mol. The molecule has 3 unspecified atom stereocenters. The minimum absolute atomic E-state index is 0.0140. The molecule has 1 saturated carbocycles. The van der Waals surface area contributed by atoms with Crippen LogP contribution in [0.5, 0.6) is 11.5 Å². The Labute approximate surface area is 175 Å². The number of carbonyl (C=O) groups is 1. The number of halogens is 1. The summed E-state index contributed by atoms with van der Waals surface area (Å²) in [5.41, 5.74) is 2.24. The van der Waals surface area contributed by atoms with E-state index in [9.17, 15) is 9.18 Å². The van der Waals surface area contributed by atoms with E-state index in [1.54, 1.807) is 44.7 Å². The van der Waals surface area contributed by atoms with Crippen LogP contribution >= 0.6 is 0 Å². The van der Waals surface area contributed by atoms with Crippen LogP contribution in [0.1, 0.15) is 30.4 Å². The zero-order valence-electron chi connectivity index (χ0n) is 17.1. The maximum absolute atomic E-state index is 13.1. The molecule has 158 valence electrons. The largest absolute Gasteiger partial charge is 0.496 e. The van der Waals surface area contributed by atoms with Crippen molar-refractivity contribution in [1.82, 2.24) is 0 Å². The first-order valence-corrected chi connectivity index (χ1v) is 10.1. The van der Waals surface area contributed by atoms with Gasteiger partial charge in [-0.25, -0.2) is 4.39 Å². The molecule has 5 nitrogen and oxygen atoms in total. The topological polar surface area (TPSA) is 54.0 Å². The lowest BCUT2D eigenvalue weighted by molar-refractivity contribution is -0.128. The second-order valence-electron chi connectivity index (χ2n) is 7.62. The Kier molecular flexibility index (Phi) is 6.04. The number of methoxy groups -OCH3 is 2. The van der Waals surface area contributed by atoms with Crippen LogP contribution < -0.4 is 9.47 Å². The Balaban J connectivity index is 1.42. The van der Waals surface area contributed by atoms with Crippen LogP contribution in [0.25, 0.3) is 5.57 Å². The zero-order valence-corrected chi connectivity index (χ0v) is 17.1. The number of carbonyl (C=O) groups excluding carboxylic acids is 1. The molecule has 0 saturated heterocycles. The van der Waals surface area contributed by atoms with Crippen molar-refractivity contribution in [3.05, 3.63) is 65.7 Å². The highest BCUT2D eigenvalue weighted by Crippen LogP contribution is 2.39. The molecule has 1 heterocycles. The minimum atomic E-state index is -0.259. The van der Waals surface area contributed by atoms with Crippen LogP contribution in [0.3, 0.4) is 0 Å². The molecule has 30 heavy (non-hydrogen) atoms. The lowest BCUT2D eigenvalue weighted by atomic mass is 9.78. The molecule has 2 aliphatic rings. The maximum Gasteiger partial charge on any atom is 0.173 e. The van der Waals surface area contributed by atoms with Gasteiger partial charge in [0.1, 0.15) is 11.9 Å². The quantitative estimate of drug-likeness (QED) is 0.697. The Morgan fingerprint density at radius 3 is 2.53 bits per heavy atom. The van der Waals surface area contributed by atoms with Crippen molar-refractivity contribution in [3.8, 4) is 11.5 Å². The number of benzene rings is 2. The van der Waals surface area contributed by atoms with Gasteiger partial charge in [-0.1, -0.05) is 18.2 Å². The van der Waals surface area contributed by atoms with Crippen molar-refractivity contribution >= 4 is 11.4 Å². The molecule has 1 aliphatic heterocycles. The van der Waals surface area contributed by atoms with Gasteiger partial charge in [-0.2, -0.15) is 0 Å². The summed E-state index contributed by atoms with van der Waals surface area (Å²) in [7, 11) is 3.14. The van der Waals surface area contributed by atoms with E-state index in [-0.39, 0.29) is 29.7 Å². The van der Waals surface area contributed by atoms with Crippen molar-refractivity contribution in [2.75, 3.05) is 14.2 Å². The third-order valence-electron chi connectivity index (χ3n) is 5.80. The van der Waals surface area contributed by atoms with Gasteiger partial charge in [0.2, 0.25) is 0 Å². The Morgan fingerprint density at radius 2 is 1.80 bits per heavy atom. The predicted molar refractivity (Wildman–Crippen MR) is 110 cm³/mol. The summed E-state index contributed by atoms with van der Waals surface area (Å²) in [6, 6.07) is 11.7. The molecule has 1 fully saturated rings. The molecule has 1 aliphatic carbocycles. The number of Topliss-reactive ketones (excluding diaryl/α,β-unsaturated/α-hetero) is 1. The van der Waals surface area contributed by atoms with Crippen molar-refractivity contribution < 1.29 is 28.1 Å². The van der Waals surface area contributed by atoms with Gasteiger partial charge in [-0.3, -0.25) is 4.79 Å². The molecule has 2 aromatic rings. The molecule has 4 rings (SSSR count). The first-order chi connectivity index (χ1) is 14.6. The number of allylic oxidation sites excluding steroid dienone is 1. The van der Waals surface area contributed by atoms with Gasteiger partial charge in [-0.15, -0.1) is 0 Å². The summed E-state index contributed by atoms with van der Waals surface area (Å²) < 4.78 is 35.6. The van der Waals surface area contributed by atoms with E-state index < -0.39 is 0 Å². The second kappa shape index (κ2) is 8.88. The van der Waals surface area contributed by atoms with Gasteiger partial charge < -0.3 is 18.9 Å².